The van der Waals surface area contributed by atoms with Crippen molar-refractivity contribution in [1.82, 2.24) is 19.7 Å². The molecule has 3 aromatic rings. The lowest BCUT2D eigenvalue weighted by molar-refractivity contribution is 0.359. The smallest absolute Gasteiger partial charge is 0.147 e. The number of benzene rings is 1. The van der Waals surface area contributed by atoms with Crippen molar-refractivity contribution < 1.29 is 0 Å². The fraction of sp³-hybridized carbons (Fsp3) is 0.312. The molecular formula is C16H17N5. The highest BCUT2D eigenvalue weighted by atomic mass is 15.4. The van der Waals surface area contributed by atoms with E-state index in [2.05, 4.69) is 37.6 Å². The van der Waals surface area contributed by atoms with Crippen LogP contribution in [0.3, 0.4) is 0 Å². The molecule has 1 aromatic carbocycles. The predicted octanol–water partition coefficient (Wildman–Crippen LogP) is 2.50. The third-order valence-corrected chi connectivity index (χ3v) is 4.01. The lowest BCUT2D eigenvalue weighted by Gasteiger charge is -2.40. The number of aryl methyl sites for hydroxylation is 2. The van der Waals surface area contributed by atoms with Gasteiger partial charge in [0.05, 0.1) is 29.0 Å². The van der Waals surface area contributed by atoms with Crippen LogP contribution in [0.1, 0.15) is 17.4 Å². The number of aromatic nitrogens is 4. The molecule has 5 nitrogen and oxygen atoms in total. The molecule has 0 bridgehead atoms. The molecule has 1 aliphatic heterocycles. The highest BCUT2D eigenvalue weighted by molar-refractivity contribution is 5.75. The lowest BCUT2D eigenvalue weighted by atomic mass is 10.1. The molecule has 0 N–H and O–H groups in total. The van der Waals surface area contributed by atoms with Gasteiger partial charge >= 0.3 is 0 Å². The van der Waals surface area contributed by atoms with Crippen LogP contribution >= 0.6 is 0 Å². The Morgan fingerprint density at radius 2 is 1.86 bits per heavy atom. The Labute approximate surface area is 123 Å². The summed E-state index contributed by atoms with van der Waals surface area (Å²) in [6.45, 7) is 6.02. The monoisotopic (exact) mass is 279 g/mol. The van der Waals surface area contributed by atoms with Crippen LogP contribution in [0, 0.1) is 13.8 Å². The molecule has 0 amide bonds. The number of para-hydroxylation sites is 2. The maximum atomic E-state index is 4.69. The van der Waals surface area contributed by atoms with E-state index in [1.807, 2.05) is 37.4 Å². The van der Waals surface area contributed by atoms with E-state index in [1.54, 1.807) is 0 Å². The molecule has 21 heavy (non-hydrogen) atoms. The van der Waals surface area contributed by atoms with Crippen LogP contribution in [0.2, 0.25) is 0 Å². The topological polar surface area (TPSA) is 46.8 Å². The van der Waals surface area contributed by atoms with Crippen molar-refractivity contribution in [2.45, 2.75) is 19.9 Å². The van der Waals surface area contributed by atoms with Crippen molar-refractivity contribution in [1.29, 1.82) is 0 Å². The van der Waals surface area contributed by atoms with Gasteiger partial charge in [0.25, 0.3) is 0 Å². The number of fused-ring (bicyclic) bond motifs is 1. The van der Waals surface area contributed by atoms with Gasteiger partial charge in [-0.1, -0.05) is 12.1 Å². The first-order chi connectivity index (χ1) is 10.2. The minimum Gasteiger partial charge on any atom is -0.351 e. The third-order valence-electron chi connectivity index (χ3n) is 4.01. The SMILES string of the molecule is Cc1cc(C)n(C2CN(c3cnc4ccccc4n3)C2)n1. The van der Waals surface area contributed by atoms with E-state index < -0.39 is 0 Å². The van der Waals surface area contributed by atoms with Crippen molar-refractivity contribution >= 4 is 16.9 Å². The molecule has 5 heteroatoms. The largest absolute Gasteiger partial charge is 0.351 e. The molecule has 4 rings (SSSR count). The van der Waals surface area contributed by atoms with Crippen LogP contribution in [0.25, 0.3) is 11.0 Å². The summed E-state index contributed by atoms with van der Waals surface area (Å²) in [7, 11) is 0. The lowest BCUT2D eigenvalue weighted by Crippen LogP contribution is -2.48. The van der Waals surface area contributed by atoms with Gasteiger partial charge in [0.15, 0.2) is 0 Å². The highest BCUT2D eigenvalue weighted by Crippen LogP contribution is 2.27. The number of rotatable bonds is 2. The Bertz CT molecular complexity index is 801. The molecule has 3 heterocycles. The molecule has 2 aromatic heterocycles. The van der Waals surface area contributed by atoms with E-state index in [1.165, 1.54) is 5.69 Å². The molecular weight excluding hydrogens is 262 g/mol. The molecule has 0 atom stereocenters. The molecule has 0 saturated carbocycles. The fourth-order valence-electron chi connectivity index (χ4n) is 2.91. The Kier molecular flexibility index (Phi) is 2.67. The first-order valence-corrected chi connectivity index (χ1v) is 7.20. The number of anilines is 1. The van der Waals surface area contributed by atoms with Gasteiger partial charge in [-0.3, -0.25) is 9.67 Å². The highest BCUT2D eigenvalue weighted by Gasteiger charge is 2.31. The van der Waals surface area contributed by atoms with Gasteiger partial charge in [0, 0.05) is 18.8 Å². The Balaban J connectivity index is 1.55. The predicted molar refractivity (Wildman–Crippen MR) is 82.5 cm³/mol. The van der Waals surface area contributed by atoms with Crippen LogP contribution < -0.4 is 4.90 Å². The number of nitrogens with zero attached hydrogens (tertiary/aromatic N) is 5. The van der Waals surface area contributed by atoms with Crippen molar-refractivity contribution in [3.05, 3.63) is 47.9 Å². The molecule has 1 saturated heterocycles. The quantitative estimate of drug-likeness (QED) is 0.723. The Morgan fingerprint density at radius 3 is 2.57 bits per heavy atom. The van der Waals surface area contributed by atoms with Crippen LogP contribution in [0.5, 0.6) is 0 Å². The molecule has 1 aliphatic rings. The summed E-state index contributed by atoms with van der Waals surface area (Å²) >= 11 is 0. The van der Waals surface area contributed by atoms with Gasteiger partial charge in [-0.2, -0.15) is 5.10 Å². The summed E-state index contributed by atoms with van der Waals surface area (Å²) in [6, 6.07) is 10.5. The van der Waals surface area contributed by atoms with Crippen LogP contribution in [-0.2, 0) is 0 Å². The molecule has 0 aliphatic carbocycles. The number of hydrogen-bond acceptors (Lipinski definition) is 4. The normalized spacial score (nSPS) is 15.4. The van der Waals surface area contributed by atoms with Crippen LogP contribution in [0.15, 0.2) is 36.5 Å². The zero-order chi connectivity index (χ0) is 14.4. The zero-order valence-corrected chi connectivity index (χ0v) is 12.2. The zero-order valence-electron chi connectivity index (χ0n) is 12.2. The summed E-state index contributed by atoms with van der Waals surface area (Å²) in [5, 5.41) is 4.56. The minimum absolute atomic E-state index is 0.437. The molecule has 0 unspecified atom stereocenters. The second-order valence-corrected chi connectivity index (χ2v) is 5.65. The first-order valence-electron chi connectivity index (χ1n) is 7.20. The van der Waals surface area contributed by atoms with E-state index in [0.29, 0.717) is 6.04 Å². The Morgan fingerprint density at radius 1 is 1.10 bits per heavy atom. The van der Waals surface area contributed by atoms with E-state index in [0.717, 1.165) is 35.6 Å². The van der Waals surface area contributed by atoms with E-state index in [4.69, 9.17) is 0 Å². The van der Waals surface area contributed by atoms with Gasteiger partial charge in [0.2, 0.25) is 0 Å². The second kappa shape index (κ2) is 4.55. The first kappa shape index (κ1) is 12.3. The number of hydrogen-bond donors (Lipinski definition) is 0. The van der Waals surface area contributed by atoms with Gasteiger partial charge in [-0.05, 0) is 32.0 Å². The van der Waals surface area contributed by atoms with Crippen molar-refractivity contribution in [3.63, 3.8) is 0 Å². The maximum absolute atomic E-state index is 4.69. The average molecular weight is 279 g/mol. The summed E-state index contributed by atoms with van der Waals surface area (Å²) in [4.78, 5) is 11.4. The van der Waals surface area contributed by atoms with Crippen molar-refractivity contribution in [3.8, 4) is 0 Å². The summed E-state index contributed by atoms with van der Waals surface area (Å²) in [6.07, 6.45) is 1.86. The molecule has 0 radical (unpaired) electrons. The summed E-state index contributed by atoms with van der Waals surface area (Å²) < 4.78 is 2.13. The minimum atomic E-state index is 0.437. The van der Waals surface area contributed by atoms with Gasteiger partial charge in [0.1, 0.15) is 5.82 Å². The van der Waals surface area contributed by atoms with E-state index in [9.17, 15) is 0 Å². The summed E-state index contributed by atoms with van der Waals surface area (Å²) in [5.41, 5.74) is 4.19. The molecule has 0 spiro atoms. The van der Waals surface area contributed by atoms with Gasteiger partial charge in [-0.15, -0.1) is 0 Å². The molecule has 1 fully saturated rings. The molecule has 106 valence electrons. The van der Waals surface area contributed by atoms with E-state index in [-0.39, 0.29) is 0 Å². The van der Waals surface area contributed by atoms with Gasteiger partial charge < -0.3 is 4.90 Å². The fourth-order valence-corrected chi connectivity index (χ4v) is 2.91. The van der Waals surface area contributed by atoms with Gasteiger partial charge in [-0.25, -0.2) is 4.98 Å². The maximum Gasteiger partial charge on any atom is 0.147 e. The summed E-state index contributed by atoms with van der Waals surface area (Å²) in [5.74, 6) is 0.950. The van der Waals surface area contributed by atoms with Crippen LogP contribution in [-0.4, -0.2) is 32.8 Å². The standard InChI is InChI=1S/C16H17N5/c1-11-7-12(2)21(19-11)13-9-20(10-13)16-8-17-14-5-3-4-6-15(14)18-16/h3-8,13H,9-10H2,1-2H3. The van der Waals surface area contributed by atoms with Crippen molar-refractivity contribution in [2.75, 3.05) is 18.0 Å². The Hall–Kier alpha value is -2.43. The average Bonchev–Trinajstić information content (AvgIpc) is 2.76. The van der Waals surface area contributed by atoms with E-state index >= 15 is 0 Å². The second-order valence-electron chi connectivity index (χ2n) is 5.65. The van der Waals surface area contributed by atoms with Crippen molar-refractivity contribution in [2.24, 2.45) is 0 Å². The van der Waals surface area contributed by atoms with Crippen LogP contribution in [0.4, 0.5) is 5.82 Å². The third kappa shape index (κ3) is 2.05.